The molecule has 3 aliphatic rings. The number of allylic oxidation sites excluding steroid dienone is 3. The van der Waals surface area contributed by atoms with Gasteiger partial charge in [0.1, 0.15) is 0 Å². The van der Waals surface area contributed by atoms with E-state index in [1.54, 1.807) is 16.7 Å². The van der Waals surface area contributed by atoms with Gasteiger partial charge in [0.05, 0.1) is 0 Å². The molecule has 1 N–H and O–H groups in total. The Bertz CT molecular complexity index is 913. The van der Waals surface area contributed by atoms with Crippen LogP contribution in [0.15, 0.2) is 35.4 Å². The molecule has 150 valence electrons. The molecule has 2 heteroatoms. The number of benzene rings is 1. The van der Waals surface area contributed by atoms with E-state index >= 15 is 0 Å². The minimum atomic E-state index is -0.857. The smallest absolute Gasteiger partial charge is 0.328 e. The van der Waals surface area contributed by atoms with Gasteiger partial charge in [0.2, 0.25) is 0 Å². The summed E-state index contributed by atoms with van der Waals surface area (Å²) < 4.78 is 0. The molecule has 0 bridgehead atoms. The minimum Gasteiger partial charge on any atom is -0.478 e. The van der Waals surface area contributed by atoms with E-state index in [1.807, 2.05) is 6.92 Å². The van der Waals surface area contributed by atoms with E-state index in [4.69, 9.17) is 5.11 Å². The lowest BCUT2D eigenvalue weighted by molar-refractivity contribution is -0.131. The highest BCUT2D eigenvalue weighted by Gasteiger charge is 2.60. The molecule has 2 fully saturated rings. The fraction of sp³-hybridized carbons (Fsp3) is 0.577. The van der Waals surface area contributed by atoms with Gasteiger partial charge in [-0.05, 0) is 90.5 Å². The third-order valence-electron chi connectivity index (χ3n) is 7.88. The number of aryl methyl sites for hydroxylation is 1. The molecule has 0 amide bonds. The van der Waals surface area contributed by atoms with Gasteiger partial charge in [-0.25, -0.2) is 4.79 Å². The number of hydrogen-bond donors (Lipinski definition) is 1. The van der Waals surface area contributed by atoms with Crippen molar-refractivity contribution in [2.45, 2.75) is 89.9 Å². The summed E-state index contributed by atoms with van der Waals surface area (Å²) in [6.45, 7) is 13.8. The van der Waals surface area contributed by atoms with Crippen molar-refractivity contribution in [3.63, 3.8) is 0 Å². The summed E-state index contributed by atoms with van der Waals surface area (Å²) in [6.07, 6.45) is 9.48. The number of carboxylic acid groups (broad SMARTS) is 1. The zero-order chi connectivity index (χ0) is 20.5. The van der Waals surface area contributed by atoms with Gasteiger partial charge in [-0.15, -0.1) is 0 Å². The van der Waals surface area contributed by atoms with E-state index in [0.717, 1.165) is 12.0 Å². The summed E-state index contributed by atoms with van der Waals surface area (Å²) in [5, 5.41) is 9.00. The normalized spacial score (nSPS) is 31.4. The molecule has 3 aliphatic carbocycles. The Hall–Kier alpha value is -1.83. The quantitative estimate of drug-likeness (QED) is 0.622. The third kappa shape index (κ3) is 2.96. The summed E-state index contributed by atoms with van der Waals surface area (Å²) in [5.41, 5.74) is 9.22. The van der Waals surface area contributed by atoms with Crippen molar-refractivity contribution in [3.8, 4) is 0 Å². The first kappa shape index (κ1) is 19.5. The van der Waals surface area contributed by atoms with Crippen LogP contribution in [0.3, 0.4) is 0 Å². The first-order chi connectivity index (χ1) is 13.0. The molecular weight excluding hydrogens is 344 g/mol. The average Bonchev–Trinajstić information content (AvgIpc) is 3.21. The molecule has 2 unspecified atom stereocenters. The highest BCUT2D eigenvalue weighted by Crippen LogP contribution is 2.67. The molecule has 28 heavy (non-hydrogen) atoms. The Morgan fingerprint density at radius 3 is 2.21 bits per heavy atom. The second kappa shape index (κ2) is 6.08. The van der Waals surface area contributed by atoms with Gasteiger partial charge in [-0.2, -0.15) is 0 Å². The number of rotatable bonds is 3. The Morgan fingerprint density at radius 1 is 1.04 bits per heavy atom. The van der Waals surface area contributed by atoms with E-state index in [0.29, 0.717) is 11.3 Å². The number of fused-ring (bicyclic) bond motifs is 2. The van der Waals surface area contributed by atoms with E-state index in [1.165, 1.54) is 42.9 Å². The number of aliphatic carboxylic acids is 1. The van der Waals surface area contributed by atoms with Crippen LogP contribution in [-0.2, 0) is 21.0 Å². The number of carbonyl (C=O) groups is 1. The Balaban J connectivity index is 1.73. The first-order valence-electron chi connectivity index (χ1n) is 10.7. The SMILES string of the molecule is CC(/C=C1/CCC2(c3cc4c(cc3C)C(C)(C)CCC4(C)C)CC12)=C\C(=O)O. The maximum Gasteiger partial charge on any atom is 0.328 e. The van der Waals surface area contributed by atoms with Crippen LogP contribution in [0, 0.1) is 12.8 Å². The lowest BCUT2D eigenvalue weighted by Crippen LogP contribution is -2.34. The van der Waals surface area contributed by atoms with Gasteiger partial charge < -0.3 is 5.11 Å². The largest absolute Gasteiger partial charge is 0.478 e. The van der Waals surface area contributed by atoms with Gasteiger partial charge in [0.15, 0.2) is 0 Å². The maximum absolute atomic E-state index is 10.9. The number of hydrogen-bond acceptors (Lipinski definition) is 1. The summed E-state index contributed by atoms with van der Waals surface area (Å²) in [4.78, 5) is 10.9. The van der Waals surface area contributed by atoms with Crippen LogP contribution < -0.4 is 0 Å². The first-order valence-corrected chi connectivity index (χ1v) is 10.7. The predicted molar refractivity (Wildman–Crippen MR) is 115 cm³/mol. The maximum atomic E-state index is 10.9. The minimum absolute atomic E-state index is 0.242. The van der Waals surface area contributed by atoms with Crippen LogP contribution in [0.25, 0.3) is 0 Å². The van der Waals surface area contributed by atoms with Crippen molar-refractivity contribution >= 4 is 5.97 Å². The Labute approximate surface area is 169 Å². The van der Waals surface area contributed by atoms with Crippen molar-refractivity contribution in [1.29, 1.82) is 0 Å². The fourth-order valence-corrected chi connectivity index (χ4v) is 6.00. The Kier molecular flexibility index (Phi) is 4.23. The molecule has 0 radical (unpaired) electrons. The topological polar surface area (TPSA) is 37.3 Å². The van der Waals surface area contributed by atoms with Crippen molar-refractivity contribution in [1.82, 2.24) is 0 Å². The highest BCUT2D eigenvalue weighted by atomic mass is 16.4. The average molecular weight is 379 g/mol. The zero-order valence-corrected chi connectivity index (χ0v) is 18.3. The molecule has 1 aromatic rings. The van der Waals surface area contributed by atoms with Crippen LogP contribution in [0.1, 0.15) is 89.0 Å². The number of carboxylic acids is 1. The third-order valence-corrected chi connectivity index (χ3v) is 7.88. The van der Waals surface area contributed by atoms with Gasteiger partial charge in [-0.1, -0.05) is 51.5 Å². The van der Waals surface area contributed by atoms with Crippen molar-refractivity contribution < 1.29 is 9.90 Å². The van der Waals surface area contributed by atoms with E-state index < -0.39 is 5.97 Å². The Morgan fingerprint density at radius 2 is 1.64 bits per heavy atom. The molecule has 0 aromatic heterocycles. The van der Waals surface area contributed by atoms with E-state index in [9.17, 15) is 4.79 Å². The monoisotopic (exact) mass is 378 g/mol. The molecule has 2 nitrogen and oxygen atoms in total. The molecular formula is C26H34O2. The van der Waals surface area contributed by atoms with Crippen molar-refractivity contribution in [3.05, 3.63) is 57.7 Å². The van der Waals surface area contributed by atoms with Gasteiger partial charge in [0.25, 0.3) is 0 Å². The lowest BCUT2D eigenvalue weighted by atomic mass is 9.62. The fourth-order valence-electron chi connectivity index (χ4n) is 6.00. The molecule has 0 saturated heterocycles. The van der Waals surface area contributed by atoms with Crippen LogP contribution in [0.4, 0.5) is 0 Å². The second-order valence-electron chi connectivity index (χ2n) is 10.8. The lowest BCUT2D eigenvalue weighted by Gasteiger charge is -2.43. The molecule has 0 heterocycles. The van der Waals surface area contributed by atoms with Gasteiger partial charge in [0, 0.05) is 11.5 Å². The van der Waals surface area contributed by atoms with Gasteiger partial charge >= 0.3 is 5.97 Å². The molecule has 0 spiro atoms. The molecule has 1 aromatic carbocycles. The second-order valence-corrected chi connectivity index (χ2v) is 10.8. The molecule has 4 rings (SSSR count). The van der Waals surface area contributed by atoms with Crippen LogP contribution in [0.2, 0.25) is 0 Å². The van der Waals surface area contributed by atoms with E-state index in [2.05, 4.69) is 52.8 Å². The van der Waals surface area contributed by atoms with Crippen molar-refractivity contribution in [2.24, 2.45) is 5.92 Å². The van der Waals surface area contributed by atoms with E-state index in [-0.39, 0.29) is 10.8 Å². The molecule has 2 atom stereocenters. The van der Waals surface area contributed by atoms with Crippen LogP contribution in [0.5, 0.6) is 0 Å². The van der Waals surface area contributed by atoms with Crippen LogP contribution in [-0.4, -0.2) is 11.1 Å². The summed E-state index contributed by atoms with van der Waals surface area (Å²) >= 11 is 0. The van der Waals surface area contributed by atoms with Gasteiger partial charge in [-0.3, -0.25) is 0 Å². The van der Waals surface area contributed by atoms with Crippen LogP contribution >= 0.6 is 0 Å². The standard InChI is InChI=1S/C26H34O2/c1-16(12-23(27)28)11-18-7-8-26(15-22(18)26)19-14-21-20(13-17(19)2)24(3,4)9-10-25(21,5)6/h11-14,22H,7-10,15H2,1-6H3,(H,27,28)/b16-12+,18-11-. The zero-order valence-electron chi connectivity index (χ0n) is 18.3. The predicted octanol–water partition coefficient (Wildman–Crippen LogP) is 6.35. The van der Waals surface area contributed by atoms with Crippen molar-refractivity contribution in [2.75, 3.05) is 0 Å². The molecule has 2 saturated carbocycles. The summed E-state index contributed by atoms with van der Waals surface area (Å²) in [7, 11) is 0. The summed E-state index contributed by atoms with van der Waals surface area (Å²) in [6, 6.07) is 5.06. The summed E-state index contributed by atoms with van der Waals surface area (Å²) in [5.74, 6) is -0.258. The highest BCUT2D eigenvalue weighted by molar-refractivity contribution is 5.81. The molecule has 0 aliphatic heterocycles.